The lowest BCUT2D eigenvalue weighted by Crippen LogP contribution is -2.34. The Morgan fingerprint density at radius 3 is 2.65 bits per heavy atom. The fourth-order valence-corrected chi connectivity index (χ4v) is 3.66. The summed E-state index contributed by atoms with van der Waals surface area (Å²) in [5, 5.41) is 3.80. The van der Waals surface area contributed by atoms with Gasteiger partial charge in [0.05, 0.1) is 31.0 Å². The van der Waals surface area contributed by atoms with Crippen LogP contribution in [0.1, 0.15) is 24.4 Å². The van der Waals surface area contributed by atoms with Crippen molar-refractivity contribution in [2.75, 3.05) is 26.1 Å². The average molecular weight is 395 g/mol. The Morgan fingerprint density at radius 2 is 1.96 bits per heavy atom. The Hall–Kier alpha value is -2.11. The van der Waals surface area contributed by atoms with Crippen molar-refractivity contribution in [2.24, 2.45) is 0 Å². The van der Waals surface area contributed by atoms with Crippen LogP contribution in [0.15, 0.2) is 36.4 Å². The number of ether oxygens (including phenoxy) is 2. The first-order chi connectivity index (χ1) is 12.5. The Labute approximate surface area is 162 Å². The maximum Gasteiger partial charge on any atom is 0.322 e. The van der Waals surface area contributed by atoms with Gasteiger partial charge in [0.1, 0.15) is 11.5 Å². The van der Waals surface area contributed by atoms with Crippen LogP contribution in [0.25, 0.3) is 0 Å². The summed E-state index contributed by atoms with van der Waals surface area (Å²) < 4.78 is 10.8. The molecule has 1 fully saturated rings. The van der Waals surface area contributed by atoms with Crippen molar-refractivity contribution < 1.29 is 14.3 Å². The van der Waals surface area contributed by atoms with Crippen molar-refractivity contribution in [1.29, 1.82) is 0 Å². The first kappa shape index (κ1) is 18.7. The number of carbonyl (C=O) groups is 1. The Bertz CT molecular complexity index is 813. The molecular weight excluding hydrogens is 375 g/mol. The van der Waals surface area contributed by atoms with E-state index in [1.165, 1.54) is 0 Å². The number of carbonyl (C=O) groups excluding carboxylic acids is 1. The number of halogens is 2. The summed E-state index contributed by atoms with van der Waals surface area (Å²) in [4.78, 5) is 14.6. The Morgan fingerprint density at radius 1 is 1.15 bits per heavy atom. The summed E-state index contributed by atoms with van der Waals surface area (Å²) in [5.41, 5.74) is 1.50. The number of nitrogens with zero attached hydrogens (tertiary/aromatic N) is 1. The highest BCUT2D eigenvalue weighted by molar-refractivity contribution is 6.36. The quantitative estimate of drug-likeness (QED) is 0.756. The molecule has 7 heteroatoms. The summed E-state index contributed by atoms with van der Waals surface area (Å²) >= 11 is 12.1. The fraction of sp³-hybridized carbons (Fsp3) is 0.316. The van der Waals surface area contributed by atoms with Gasteiger partial charge in [-0.25, -0.2) is 4.79 Å². The van der Waals surface area contributed by atoms with Crippen LogP contribution in [0.4, 0.5) is 10.5 Å². The molecule has 1 aliphatic heterocycles. The number of benzene rings is 2. The van der Waals surface area contributed by atoms with E-state index in [1.807, 2.05) is 18.2 Å². The predicted octanol–water partition coefficient (Wildman–Crippen LogP) is 5.38. The molecule has 26 heavy (non-hydrogen) atoms. The molecule has 1 heterocycles. The van der Waals surface area contributed by atoms with Gasteiger partial charge in [0.2, 0.25) is 0 Å². The van der Waals surface area contributed by atoms with Gasteiger partial charge in [-0.05, 0) is 43.2 Å². The SMILES string of the molecule is COc1ccc(C2CCCN2C(=O)Nc2ccc(Cl)cc2Cl)c(OC)c1. The zero-order chi connectivity index (χ0) is 18.7. The molecule has 3 rings (SSSR count). The number of rotatable bonds is 4. The van der Waals surface area contributed by atoms with Crippen LogP contribution in [0.3, 0.4) is 0 Å². The molecule has 0 radical (unpaired) electrons. The number of likely N-dealkylation sites (tertiary alicyclic amines) is 1. The van der Waals surface area contributed by atoms with Crippen molar-refractivity contribution >= 4 is 34.9 Å². The molecule has 1 saturated heterocycles. The molecule has 2 aromatic carbocycles. The molecular formula is C19H20Cl2N2O3. The maximum atomic E-state index is 12.8. The summed E-state index contributed by atoms with van der Waals surface area (Å²) in [6, 6.07) is 10.4. The summed E-state index contributed by atoms with van der Waals surface area (Å²) in [5.74, 6) is 1.42. The Balaban J connectivity index is 1.82. The van der Waals surface area contributed by atoms with Crippen molar-refractivity contribution in [1.82, 2.24) is 4.90 Å². The third-order valence-corrected chi connectivity index (χ3v) is 5.03. The first-order valence-electron chi connectivity index (χ1n) is 8.28. The van der Waals surface area contributed by atoms with Gasteiger partial charge in [0.15, 0.2) is 0 Å². The van der Waals surface area contributed by atoms with Crippen LogP contribution in [0.2, 0.25) is 10.0 Å². The van der Waals surface area contributed by atoms with Crippen molar-refractivity contribution in [3.05, 3.63) is 52.0 Å². The first-order valence-corrected chi connectivity index (χ1v) is 9.03. The lowest BCUT2D eigenvalue weighted by molar-refractivity contribution is 0.206. The molecule has 0 spiro atoms. The second-order valence-corrected chi connectivity index (χ2v) is 6.86. The van der Waals surface area contributed by atoms with Gasteiger partial charge >= 0.3 is 6.03 Å². The average Bonchev–Trinajstić information content (AvgIpc) is 3.13. The van der Waals surface area contributed by atoms with Crippen LogP contribution < -0.4 is 14.8 Å². The molecule has 2 aromatic rings. The van der Waals surface area contributed by atoms with Crippen molar-refractivity contribution in [2.45, 2.75) is 18.9 Å². The van der Waals surface area contributed by atoms with Gasteiger partial charge in [-0.2, -0.15) is 0 Å². The molecule has 0 saturated carbocycles. The largest absolute Gasteiger partial charge is 0.497 e. The molecule has 1 atom stereocenters. The maximum absolute atomic E-state index is 12.8. The normalized spacial score (nSPS) is 16.5. The number of amides is 2. The second-order valence-electron chi connectivity index (χ2n) is 6.01. The Kier molecular flexibility index (Phi) is 5.79. The standard InChI is InChI=1S/C19H20Cl2N2O3/c1-25-13-6-7-14(18(11-13)26-2)17-4-3-9-23(17)19(24)22-16-8-5-12(20)10-15(16)21/h5-8,10-11,17H,3-4,9H2,1-2H3,(H,22,24). The topological polar surface area (TPSA) is 50.8 Å². The number of methoxy groups -OCH3 is 2. The van der Waals surface area contributed by atoms with E-state index in [-0.39, 0.29) is 12.1 Å². The van der Waals surface area contributed by atoms with Crippen LogP contribution >= 0.6 is 23.2 Å². The van der Waals surface area contributed by atoms with Crippen molar-refractivity contribution in [3.8, 4) is 11.5 Å². The highest BCUT2D eigenvalue weighted by Crippen LogP contribution is 2.39. The van der Waals surface area contributed by atoms with E-state index in [0.717, 1.165) is 18.4 Å². The van der Waals surface area contributed by atoms with Gasteiger partial charge in [-0.3, -0.25) is 0 Å². The van der Waals surface area contributed by atoms with E-state index >= 15 is 0 Å². The number of anilines is 1. The third kappa shape index (κ3) is 3.84. The van der Waals surface area contributed by atoms with E-state index in [2.05, 4.69) is 5.32 Å². The third-order valence-electron chi connectivity index (χ3n) is 4.49. The highest BCUT2D eigenvalue weighted by Gasteiger charge is 2.32. The summed E-state index contributed by atoms with van der Waals surface area (Å²) in [6.45, 7) is 0.664. The second kappa shape index (κ2) is 8.06. The van der Waals surface area contributed by atoms with E-state index in [1.54, 1.807) is 37.3 Å². The highest BCUT2D eigenvalue weighted by atomic mass is 35.5. The molecule has 138 valence electrons. The smallest absolute Gasteiger partial charge is 0.322 e. The zero-order valence-corrected chi connectivity index (χ0v) is 16.1. The van der Waals surface area contributed by atoms with Crippen LogP contribution in [-0.2, 0) is 0 Å². The number of hydrogen-bond acceptors (Lipinski definition) is 3. The van der Waals surface area contributed by atoms with Crippen LogP contribution in [0, 0.1) is 0 Å². The van der Waals surface area contributed by atoms with E-state index < -0.39 is 0 Å². The molecule has 2 amide bonds. The molecule has 0 aliphatic carbocycles. The van der Waals surface area contributed by atoms with Gasteiger partial charge in [-0.15, -0.1) is 0 Å². The molecule has 5 nitrogen and oxygen atoms in total. The van der Waals surface area contributed by atoms with Gasteiger partial charge in [0, 0.05) is 23.2 Å². The molecule has 1 unspecified atom stereocenters. The van der Waals surface area contributed by atoms with E-state index in [4.69, 9.17) is 32.7 Å². The summed E-state index contributed by atoms with van der Waals surface area (Å²) in [6.07, 6.45) is 1.78. The molecule has 0 aromatic heterocycles. The number of hydrogen-bond donors (Lipinski definition) is 1. The van der Waals surface area contributed by atoms with Gasteiger partial charge in [0.25, 0.3) is 0 Å². The fourth-order valence-electron chi connectivity index (χ4n) is 3.20. The van der Waals surface area contributed by atoms with Gasteiger partial charge in [-0.1, -0.05) is 23.2 Å². The molecule has 1 N–H and O–H groups in total. The lowest BCUT2D eigenvalue weighted by atomic mass is 10.0. The number of urea groups is 1. The minimum Gasteiger partial charge on any atom is -0.497 e. The van der Waals surface area contributed by atoms with E-state index in [0.29, 0.717) is 33.8 Å². The summed E-state index contributed by atoms with van der Waals surface area (Å²) in [7, 11) is 3.23. The predicted molar refractivity (Wildman–Crippen MR) is 104 cm³/mol. The minimum absolute atomic E-state index is 0.0677. The van der Waals surface area contributed by atoms with Crippen LogP contribution in [0.5, 0.6) is 11.5 Å². The molecule has 1 aliphatic rings. The number of nitrogens with one attached hydrogen (secondary N) is 1. The monoisotopic (exact) mass is 394 g/mol. The lowest BCUT2D eigenvalue weighted by Gasteiger charge is -2.27. The van der Waals surface area contributed by atoms with Crippen molar-refractivity contribution in [3.63, 3.8) is 0 Å². The van der Waals surface area contributed by atoms with Gasteiger partial charge < -0.3 is 19.7 Å². The zero-order valence-electron chi connectivity index (χ0n) is 14.6. The van der Waals surface area contributed by atoms with Crippen LogP contribution in [-0.4, -0.2) is 31.7 Å². The minimum atomic E-state index is -0.199. The van der Waals surface area contributed by atoms with E-state index in [9.17, 15) is 4.79 Å². The molecule has 0 bridgehead atoms.